The van der Waals surface area contributed by atoms with Gasteiger partial charge in [0.05, 0.1) is 6.61 Å². The number of likely N-dealkylation sites (tertiary alicyclic amines) is 1. The predicted octanol–water partition coefficient (Wildman–Crippen LogP) is 3.49. The molecule has 144 valence electrons. The summed E-state index contributed by atoms with van der Waals surface area (Å²) in [5.41, 5.74) is 0.140. The van der Waals surface area contributed by atoms with Crippen molar-refractivity contribution in [2.45, 2.75) is 65.3 Å². The van der Waals surface area contributed by atoms with Crippen molar-refractivity contribution >= 4 is 11.7 Å². The number of aromatic nitrogens is 2. The van der Waals surface area contributed by atoms with E-state index in [9.17, 15) is 4.79 Å². The summed E-state index contributed by atoms with van der Waals surface area (Å²) in [4.78, 5) is 23.5. The van der Waals surface area contributed by atoms with Crippen molar-refractivity contribution in [2.75, 3.05) is 25.0 Å². The summed E-state index contributed by atoms with van der Waals surface area (Å²) in [6.07, 6.45) is 8.08. The lowest BCUT2D eigenvalue weighted by molar-refractivity contribution is -0.142. The molecule has 0 radical (unpaired) electrons. The van der Waals surface area contributed by atoms with Crippen LogP contribution in [0.2, 0.25) is 0 Å². The van der Waals surface area contributed by atoms with Crippen LogP contribution in [0.15, 0.2) is 12.4 Å². The lowest BCUT2D eigenvalue weighted by Crippen LogP contribution is -2.48. The third-order valence-electron chi connectivity index (χ3n) is 5.90. The molecular weight excluding hydrogens is 328 g/mol. The van der Waals surface area contributed by atoms with Crippen LogP contribution in [-0.2, 0) is 4.79 Å². The zero-order chi connectivity index (χ0) is 18.6. The van der Waals surface area contributed by atoms with Gasteiger partial charge < -0.3 is 15.0 Å². The molecule has 26 heavy (non-hydrogen) atoms. The fraction of sp³-hybridized carbons (Fsp3) is 0.750. The first kappa shape index (κ1) is 18.9. The molecule has 1 N–H and O–H groups in total. The van der Waals surface area contributed by atoms with Gasteiger partial charge in [0.2, 0.25) is 11.8 Å². The molecule has 3 rings (SSSR count). The van der Waals surface area contributed by atoms with Crippen LogP contribution in [0.1, 0.15) is 59.3 Å². The van der Waals surface area contributed by atoms with Crippen LogP contribution in [0.3, 0.4) is 0 Å². The van der Waals surface area contributed by atoms with Crippen LogP contribution in [0.4, 0.5) is 5.82 Å². The maximum atomic E-state index is 13.0. The fourth-order valence-corrected chi connectivity index (χ4v) is 4.27. The molecule has 6 nitrogen and oxygen atoms in total. The molecule has 1 saturated heterocycles. The lowest BCUT2D eigenvalue weighted by Gasteiger charge is -2.42. The number of nitrogens with one attached hydrogen (secondary N) is 1. The number of amides is 1. The molecule has 2 heterocycles. The Morgan fingerprint density at radius 3 is 2.73 bits per heavy atom. The van der Waals surface area contributed by atoms with Crippen molar-refractivity contribution < 1.29 is 9.53 Å². The Morgan fingerprint density at radius 2 is 2.04 bits per heavy atom. The van der Waals surface area contributed by atoms with Crippen molar-refractivity contribution in [2.24, 2.45) is 11.3 Å². The first-order chi connectivity index (χ1) is 12.5. The van der Waals surface area contributed by atoms with E-state index < -0.39 is 0 Å². The summed E-state index contributed by atoms with van der Waals surface area (Å²) in [5, 5.41) is 3.47. The van der Waals surface area contributed by atoms with E-state index in [-0.39, 0.29) is 11.3 Å². The topological polar surface area (TPSA) is 67.3 Å². The number of piperidine rings is 1. The van der Waals surface area contributed by atoms with Crippen molar-refractivity contribution in [1.29, 1.82) is 0 Å². The van der Waals surface area contributed by atoms with E-state index in [0.29, 0.717) is 24.4 Å². The Bertz CT molecular complexity index is 612. The second-order valence-corrected chi connectivity index (χ2v) is 8.21. The van der Waals surface area contributed by atoms with Crippen molar-refractivity contribution in [3.05, 3.63) is 12.4 Å². The first-order valence-corrected chi connectivity index (χ1v) is 10.00. The van der Waals surface area contributed by atoms with Crippen LogP contribution in [0, 0.1) is 11.3 Å². The lowest BCUT2D eigenvalue weighted by atomic mass is 9.68. The number of ether oxygens (including phenoxy) is 1. The molecule has 1 atom stereocenters. The number of nitrogens with zero attached hydrogens (tertiary/aromatic N) is 3. The van der Waals surface area contributed by atoms with Gasteiger partial charge >= 0.3 is 0 Å². The summed E-state index contributed by atoms with van der Waals surface area (Å²) < 4.78 is 5.43. The molecule has 1 aromatic heterocycles. The normalized spacial score (nSPS) is 23.5. The van der Waals surface area contributed by atoms with Gasteiger partial charge in [-0.15, -0.1) is 0 Å². The molecule has 0 aromatic carbocycles. The fourth-order valence-electron chi connectivity index (χ4n) is 4.27. The molecule has 0 spiro atoms. The third kappa shape index (κ3) is 4.46. The van der Waals surface area contributed by atoms with Crippen molar-refractivity contribution in [3.8, 4) is 5.88 Å². The second-order valence-electron chi connectivity index (χ2n) is 8.21. The van der Waals surface area contributed by atoms with Gasteiger partial charge in [-0.05, 0) is 38.0 Å². The number of anilines is 1. The molecule has 2 aliphatic rings. The van der Waals surface area contributed by atoms with Crippen molar-refractivity contribution in [3.63, 3.8) is 0 Å². The van der Waals surface area contributed by atoms with E-state index in [0.717, 1.165) is 44.6 Å². The van der Waals surface area contributed by atoms with E-state index in [2.05, 4.69) is 34.0 Å². The van der Waals surface area contributed by atoms with Crippen LogP contribution in [-0.4, -0.2) is 46.5 Å². The number of hydrogen-bond donors (Lipinski definition) is 1. The molecule has 1 aliphatic carbocycles. The number of carbonyl (C=O) groups is 1. The van der Waals surface area contributed by atoms with Gasteiger partial charge in [-0.1, -0.05) is 26.7 Å². The Kier molecular flexibility index (Phi) is 5.99. The summed E-state index contributed by atoms with van der Waals surface area (Å²) in [6, 6.07) is 2.17. The highest BCUT2D eigenvalue weighted by atomic mass is 16.5. The summed E-state index contributed by atoms with van der Waals surface area (Å²) in [7, 11) is 0. The number of carbonyl (C=O) groups excluding carboxylic acids is 1. The van der Waals surface area contributed by atoms with Gasteiger partial charge in [0.25, 0.3) is 0 Å². The molecule has 2 fully saturated rings. The monoisotopic (exact) mass is 360 g/mol. The zero-order valence-corrected chi connectivity index (χ0v) is 16.3. The van der Waals surface area contributed by atoms with Gasteiger partial charge in [0, 0.05) is 31.1 Å². The minimum absolute atomic E-state index is 0.140. The second kappa shape index (κ2) is 8.23. The number of hydrogen-bond acceptors (Lipinski definition) is 5. The minimum atomic E-state index is 0.140. The van der Waals surface area contributed by atoms with Crippen LogP contribution >= 0.6 is 0 Å². The molecule has 1 amide bonds. The molecule has 1 unspecified atom stereocenters. The van der Waals surface area contributed by atoms with Crippen molar-refractivity contribution in [1.82, 2.24) is 14.9 Å². The van der Waals surface area contributed by atoms with Crippen LogP contribution in [0.25, 0.3) is 0 Å². The maximum absolute atomic E-state index is 13.0. The highest BCUT2D eigenvalue weighted by molar-refractivity contribution is 5.79. The van der Waals surface area contributed by atoms with Gasteiger partial charge in [-0.2, -0.15) is 0 Å². The quantitative estimate of drug-likeness (QED) is 0.870. The molecule has 1 aliphatic heterocycles. The predicted molar refractivity (Wildman–Crippen MR) is 102 cm³/mol. The van der Waals surface area contributed by atoms with Gasteiger partial charge in [0.1, 0.15) is 12.1 Å². The molecule has 1 aromatic rings. The van der Waals surface area contributed by atoms with Crippen LogP contribution < -0.4 is 10.1 Å². The van der Waals surface area contributed by atoms with E-state index in [1.54, 1.807) is 0 Å². The zero-order valence-electron chi connectivity index (χ0n) is 16.3. The third-order valence-corrected chi connectivity index (χ3v) is 5.90. The van der Waals surface area contributed by atoms with E-state index in [4.69, 9.17) is 4.74 Å². The Morgan fingerprint density at radius 1 is 1.27 bits per heavy atom. The Balaban J connectivity index is 1.52. The van der Waals surface area contributed by atoms with Gasteiger partial charge in [0.15, 0.2) is 0 Å². The average Bonchev–Trinajstić information content (AvgIpc) is 2.62. The molecular formula is C20H32N4O2. The van der Waals surface area contributed by atoms with Gasteiger partial charge in [-0.25, -0.2) is 9.97 Å². The molecule has 1 saturated carbocycles. The van der Waals surface area contributed by atoms with E-state index >= 15 is 0 Å². The molecule has 6 heteroatoms. The number of rotatable bonds is 5. The summed E-state index contributed by atoms with van der Waals surface area (Å²) >= 11 is 0. The Labute approximate surface area is 156 Å². The maximum Gasteiger partial charge on any atom is 0.226 e. The summed E-state index contributed by atoms with van der Waals surface area (Å²) in [6.45, 7) is 8.70. The first-order valence-electron chi connectivity index (χ1n) is 10.00. The van der Waals surface area contributed by atoms with E-state index in [1.807, 2.05) is 13.0 Å². The summed E-state index contributed by atoms with van der Waals surface area (Å²) in [5.74, 6) is 1.95. The average molecular weight is 361 g/mol. The van der Waals surface area contributed by atoms with Gasteiger partial charge in [-0.3, -0.25) is 4.79 Å². The Hall–Kier alpha value is -1.85. The SMILES string of the molecule is CCOc1cc(NC2CCN(C(=O)C3CCCCC3(C)C)CC2)ncn1. The van der Waals surface area contributed by atoms with Crippen LogP contribution in [0.5, 0.6) is 5.88 Å². The highest BCUT2D eigenvalue weighted by Gasteiger charge is 2.39. The van der Waals surface area contributed by atoms with E-state index in [1.165, 1.54) is 19.2 Å². The molecule has 0 bridgehead atoms. The largest absolute Gasteiger partial charge is 0.478 e. The standard InChI is InChI=1S/C20H32N4O2/c1-4-26-18-13-17(21-14-22-18)23-15-8-11-24(12-9-15)19(25)16-7-5-6-10-20(16,2)3/h13-16H,4-12H2,1-3H3,(H,21,22,23). The minimum Gasteiger partial charge on any atom is -0.478 e. The highest BCUT2D eigenvalue weighted by Crippen LogP contribution is 2.41. The smallest absolute Gasteiger partial charge is 0.226 e.